The Morgan fingerprint density at radius 1 is 0.453 bits per heavy atom. The van der Waals surface area contributed by atoms with Gasteiger partial charge in [-0.2, -0.15) is 0 Å². The maximum Gasteiger partial charge on any atom is 0.220 e. The first kappa shape index (κ1) is 71.7. The fraction of sp³-hybridized carbons (Fsp3) is 0.924. The Kier molecular flexibility index (Phi) is 53.5. The second-order valence-electron chi connectivity index (χ2n) is 23.3. The molecule has 6 N–H and O–H groups in total. The summed E-state index contributed by atoms with van der Waals surface area (Å²) in [4.78, 5) is 13.1. The van der Waals surface area contributed by atoms with Gasteiger partial charge in [0.05, 0.1) is 25.4 Å². The van der Waals surface area contributed by atoms with Crippen LogP contribution in [-0.4, -0.2) is 87.5 Å². The molecule has 1 rings (SSSR count). The van der Waals surface area contributed by atoms with Crippen molar-refractivity contribution in [1.82, 2.24) is 5.32 Å². The molecule has 0 aromatic heterocycles. The van der Waals surface area contributed by atoms with Gasteiger partial charge in [0, 0.05) is 6.42 Å². The largest absolute Gasteiger partial charge is 0.394 e. The maximum atomic E-state index is 13.1. The van der Waals surface area contributed by atoms with E-state index in [1.807, 2.05) is 0 Å². The summed E-state index contributed by atoms with van der Waals surface area (Å²) in [5.74, 6) is -0.139. The number of aliphatic hydroxyl groups is 5. The fourth-order valence-corrected chi connectivity index (χ4v) is 10.8. The van der Waals surface area contributed by atoms with Crippen molar-refractivity contribution in [2.45, 2.75) is 378 Å². The minimum Gasteiger partial charge on any atom is -0.394 e. The summed E-state index contributed by atoms with van der Waals surface area (Å²) in [5, 5.41) is 54.9. The van der Waals surface area contributed by atoms with E-state index < -0.39 is 49.5 Å². The highest BCUT2D eigenvalue weighted by molar-refractivity contribution is 5.76. The average molecular weight is 1060 g/mol. The first-order valence-electron chi connectivity index (χ1n) is 33.0. The Bertz CT molecular complexity index is 1230. The third-order valence-electron chi connectivity index (χ3n) is 16.1. The van der Waals surface area contributed by atoms with Crippen molar-refractivity contribution in [1.29, 1.82) is 0 Å². The van der Waals surface area contributed by atoms with Crippen molar-refractivity contribution >= 4 is 5.91 Å². The topological polar surface area (TPSA) is 149 Å². The van der Waals surface area contributed by atoms with Crippen LogP contribution in [-0.2, 0) is 14.3 Å². The Morgan fingerprint density at radius 2 is 0.787 bits per heavy atom. The molecule has 0 aliphatic carbocycles. The first-order chi connectivity index (χ1) is 36.8. The van der Waals surface area contributed by atoms with Gasteiger partial charge >= 0.3 is 0 Å². The summed E-state index contributed by atoms with van der Waals surface area (Å²) in [6, 6.07) is -0.719. The highest BCUT2D eigenvalue weighted by atomic mass is 16.7. The predicted molar refractivity (Wildman–Crippen MR) is 318 cm³/mol. The molecule has 0 radical (unpaired) electrons. The van der Waals surface area contributed by atoms with Crippen LogP contribution in [0.4, 0.5) is 0 Å². The van der Waals surface area contributed by atoms with E-state index in [1.54, 1.807) is 0 Å². The van der Waals surface area contributed by atoms with Crippen molar-refractivity contribution in [3.63, 3.8) is 0 Å². The number of hydrogen-bond donors (Lipinski definition) is 6. The standard InChI is InChI=1S/C66H127NO8/c1-3-5-7-9-11-13-15-17-19-21-23-25-27-28-29-30-31-32-34-36-38-40-42-44-46-48-50-52-54-56-62(70)67-59(58-74-66-65(73)64(72)63(71)61(57-68)75-66)60(69)55-53-51-49-47-45-43-41-39-37-35-33-26-24-22-20-18-16-14-12-10-8-6-4-2/h23,25,28-29,59-61,63-66,68-69,71-73H,3-22,24,26-27,30-58H2,1-2H3,(H,67,70)/b25-23-,29-28-. The number of ether oxygens (including phenoxy) is 2. The zero-order valence-electron chi connectivity index (χ0n) is 49.6. The van der Waals surface area contributed by atoms with Gasteiger partial charge in [-0.05, 0) is 44.9 Å². The van der Waals surface area contributed by atoms with Gasteiger partial charge in [0.2, 0.25) is 5.91 Å². The van der Waals surface area contributed by atoms with Crippen molar-refractivity contribution < 1.29 is 39.8 Å². The molecule has 1 fully saturated rings. The quantitative estimate of drug-likeness (QED) is 0.0261. The van der Waals surface area contributed by atoms with E-state index in [9.17, 15) is 30.3 Å². The van der Waals surface area contributed by atoms with Gasteiger partial charge in [-0.3, -0.25) is 4.79 Å². The summed E-state index contributed by atoms with van der Waals surface area (Å²) in [6.07, 6.45) is 65.1. The van der Waals surface area contributed by atoms with Gasteiger partial charge in [-0.1, -0.05) is 308 Å². The van der Waals surface area contributed by atoms with Crippen molar-refractivity contribution in [3.05, 3.63) is 24.3 Å². The van der Waals surface area contributed by atoms with E-state index >= 15 is 0 Å². The number of nitrogens with one attached hydrogen (secondary N) is 1. The molecule has 1 aliphatic heterocycles. The maximum absolute atomic E-state index is 13.1. The van der Waals surface area contributed by atoms with Crippen molar-refractivity contribution in [2.75, 3.05) is 13.2 Å². The Labute approximate surface area is 464 Å². The Hall–Kier alpha value is -1.33. The van der Waals surface area contributed by atoms with Crippen LogP contribution in [0.15, 0.2) is 24.3 Å². The molecule has 7 atom stereocenters. The van der Waals surface area contributed by atoms with E-state index in [2.05, 4.69) is 43.5 Å². The number of rotatable bonds is 58. The van der Waals surface area contributed by atoms with E-state index in [0.717, 1.165) is 44.9 Å². The van der Waals surface area contributed by atoms with Crippen molar-refractivity contribution in [3.8, 4) is 0 Å². The lowest BCUT2D eigenvalue weighted by Crippen LogP contribution is -2.60. The first-order valence-corrected chi connectivity index (χ1v) is 33.0. The van der Waals surface area contributed by atoms with Crippen LogP contribution in [0.5, 0.6) is 0 Å². The molecule has 1 saturated heterocycles. The molecule has 0 spiro atoms. The van der Waals surface area contributed by atoms with E-state index in [-0.39, 0.29) is 12.5 Å². The van der Waals surface area contributed by atoms with Gasteiger partial charge in [0.25, 0.3) is 0 Å². The molecular formula is C66H127NO8. The number of aliphatic hydroxyl groups excluding tert-OH is 5. The molecule has 9 nitrogen and oxygen atoms in total. The lowest BCUT2D eigenvalue weighted by Gasteiger charge is -2.40. The summed E-state index contributed by atoms with van der Waals surface area (Å²) >= 11 is 0. The highest BCUT2D eigenvalue weighted by Gasteiger charge is 2.44. The molecule has 0 bridgehead atoms. The fourth-order valence-electron chi connectivity index (χ4n) is 10.8. The molecule has 9 heteroatoms. The summed E-state index contributed by atoms with van der Waals surface area (Å²) in [6.45, 7) is 3.89. The SMILES string of the molecule is CCCCCCCCCCC/C=C\C/C=C\CCCCCCCCCCCCCCCC(=O)NC(COC1OC(CO)C(O)C(O)C1O)C(O)CCCCCCCCCCCCCCCCCCCCCCCCC. The van der Waals surface area contributed by atoms with Crippen molar-refractivity contribution in [2.24, 2.45) is 0 Å². The number of hydrogen-bond acceptors (Lipinski definition) is 8. The highest BCUT2D eigenvalue weighted by Crippen LogP contribution is 2.24. The minimum atomic E-state index is -1.55. The third-order valence-corrected chi connectivity index (χ3v) is 16.1. The van der Waals surface area contributed by atoms with Gasteiger partial charge in [0.1, 0.15) is 24.4 Å². The zero-order valence-corrected chi connectivity index (χ0v) is 49.6. The Morgan fingerprint density at radius 3 is 1.15 bits per heavy atom. The molecule has 444 valence electrons. The molecule has 1 heterocycles. The average Bonchev–Trinajstić information content (AvgIpc) is 3.41. The van der Waals surface area contributed by atoms with Crippen LogP contribution in [0.3, 0.4) is 0 Å². The second-order valence-corrected chi connectivity index (χ2v) is 23.3. The molecule has 7 unspecified atom stereocenters. The second kappa shape index (κ2) is 56.0. The van der Waals surface area contributed by atoms with E-state index in [1.165, 1.54) is 263 Å². The van der Waals surface area contributed by atoms with Crippen LogP contribution in [0.25, 0.3) is 0 Å². The molecule has 1 amide bonds. The van der Waals surface area contributed by atoms with E-state index in [0.29, 0.717) is 12.8 Å². The number of amides is 1. The van der Waals surface area contributed by atoms with Crippen LogP contribution in [0.2, 0.25) is 0 Å². The summed E-state index contributed by atoms with van der Waals surface area (Å²) in [7, 11) is 0. The summed E-state index contributed by atoms with van der Waals surface area (Å²) < 4.78 is 11.4. The molecule has 0 saturated carbocycles. The zero-order chi connectivity index (χ0) is 54.3. The molecule has 0 aromatic rings. The molecule has 75 heavy (non-hydrogen) atoms. The Balaban J connectivity index is 2.14. The minimum absolute atomic E-state index is 0.135. The van der Waals surface area contributed by atoms with Gasteiger partial charge in [-0.25, -0.2) is 0 Å². The molecular weight excluding hydrogens is 935 g/mol. The van der Waals surface area contributed by atoms with Crippen LogP contribution < -0.4 is 5.32 Å². The van der Waals surface area contributed by atoms with Gasteiger partial charge < -0.3 is 40.3 Å². The van der Waals surface area contributed by atoms with Crippen LogP contribution >= 0.6 is 0 Å². The third kappa shape index (κ3) is 45.1. The predicted octanol–water partition coefficient (Wildman–Crippen LogP) is 17.3. The lowest BCUT2D eigenvalue weighted by molar-refractivity contribution is -0.302. The lowest BCUT2D eigenvalue weighted by atomic mass is 9.99. The van der Waals surface area contributed by atoms with Crippen LogP contribution in [0.1, 0.15) is 335 Å². The molecule has 0 aromatic carbocycles. The van der Waals surface area contributed by atoms with Gasteiger partial charge in [0.15, 0.2) is 6.29 Å². The van der Waals surface area contributed by atoms with Crippen LogP contribution in [0, 0.1) is 0 Å². The number of carbonyl (C=O) groups excluding carboxylic acids is 1. The monoisotopic (exact) mass is 1060 g/mol. The number of allylic oxidation sites excluding steroid dienone is 4. The van der Waals surface area contributed by atoms with Gasteiger partial charge in [-0.15, -0.1) is 0 Å². The van der Waals surface area contributed by atoms with E-state index in [4.69, 9.17) is 9.47 Å². The number of unbranched alkanes of at least 4 members (excludes halogenated alkanes) is 44. The number of carbonyl (C=O) groups is 1. The smallest absolute Gasteiger partial charge is 0.220 e. The summed E-state index contributed by atoms with van der Waals surface area (Å²) in [5.41, 5.74) is 0. The molecule has 1 aliphatic rings. The normalized spacial score (nSPS) is 18.9.